The standard InChI is InChI=1S/C16H19NOS/c1-16(2)10-19-15(17-16)13-8-9-14(18-3)12-7-5-4-6-11(12)13/h4-9,15,17H,10H2,1-3H3. The minimum Gasteiger partial charge on any atom is -0.496 e. The maximum absolute atomic E-state index is 5.46. The average molecular weight is 273 g/mol. The van der Waals surface area contributed by atoms with Crippen LogP contribution in [0.5, 0.6) is 5.75 Å². The maximum Gasteiger partial charge on any atom is 0.126 e. The van der Waals surface area contributed by atoms with Crippen LogP contribution in [0.3, 0.4) is 0 Å². The molecule has 0 spiro atoms. The topological polar surface area (TPSA) is 21.3 Å². The predicted molar refractivity (Wildman–Crippen MR) is 82.9 cm³/mol. The number of hydrogen-bond donors (Lipinski definition) is 1. The number of rotatable bonds is 2. The number of methoxy groups -OCH3 is 1. The fraction of sp³-hybridized carbons (Fsp3) is 0.375. The van der Waals surface area contributed by atoms with Crippen molar-refractivity contribution in [2.24, 2.45) is 0 Å². The zero-order chi connectivity index (χ0) is 13.5. The monoisotopic (exact) mass is 273 g/mol. The molecule has 0 aliphatic carbocycles. The van der Waals surface area contributed by atoms with Crippen LogP contribution in [0.2, 0.25) is 0 Å². The van der Waals surface area contributed by atoms with Crippen LogP contribution in [0, 0.1) is 0 Å². The van der Waals surface area contributed by atoms with Crippen molar-refractivity contribution in [2.45, 2.75) is 24.8 Å². The summed E-state index contributed by atoms with van der Waals surface area (Å²) in [5.74, 6) is 2.08. The molecule has 0 aromatic heterocycles. The van der Waals surface area contributed by atoms with Gasteiger partial charge in [-0.2, -0.15) is 0 Å². The Morgan fingerprint density at radius 2 is 1.89 bits per heavy atom. The summed E-state index contributed by atoms with van der Waals surface area (Å²) in [6.07, 6.45) is 0. The van der Waals surface area contributed by atoms with E-state index in [0.29, 0.717) is 5.37 Å². The Kier molecular flexibility index (Phi) is 3.19. The van der Waals surface area contributed by atoms with E-state index in [1.807, 2.05) is 11.8 Å². The van der Waals surface area contributed by atoms with Crippen LogP contribution in [-0.2, 0) is 0 Å². The summed E-state index contributed by atoms with van der Waals surface area (Å²) in [6, 6.07) is 12.7. The summed E-state index contributed by atoms with van der Waals surface area (Å²) in [6.45, 7) is 4.51. The Hall–Kier alpha value is -1.19. The van der Waals surface area contributed by atoms with Crippen LogP contribution >= 0.6 is 11.8 Å². The highest BCUT2D eigenvalue weighted by atomic mass is 32.2. The molecule has 1 N–H and O–H groups in total. The fourth-order valence-electron chi connectivity index (χ4n) is 2.60. The molecule has 1 aliphatic heterocycles. The van der Waals surface area contributed by atoms with Gasteiger partial charge in [0.2, 0.25) is 0 Å². The lowest BCUT2D eigenvalue weighted by atomic mass is 10.0. The van der Waals surface area contributed by atoms with E-state index >= 15 is 0 Å². The van der Waals surface area contributed by atoms with Gasteiger partial charge in [-0.1, -0.05) is 30.3 Å². The second kappa shape index (κ2) is 4.73. The minimum absolute atomic E-state index is 0.205. The van der Waals surface area contributed by atoms with E-state index in [4.69, 9.17) is 4.74 Å². The van der Waals surface area contributed by atoms with Gasteiger partial charge >= 0.3 is 0 Å². The summed E-state index contributed by atoms with van der Waals surface area (Å²) in [7, 11) is 1.73. The number of benzene rings is 2. The van der Waals surface area contributed by atoms with Crippen LogP contribution in [0.4, 0.5) is 0 Å². The third kappa shape index (κ3) is 2.33. The summed E-state index contributed by atoms with van der Waals surface area (Å²) in [4.78, 5) is 0. The van der Waals surface area contributed by atoms with Gasteiger partial charge in [0.1, 0.15) is 5.75 Å². The predicted octanol–water partition coefficient (Wildman–Crippen LogP) is 3.96. The second-order valence-corrected chi connectivity index (χ2v) is 6.72. The molecule has 1 heterocycles. The molecule has 100 valence electrons. The molecule has 19 heavy (non-hydrogen) atoms. The van der Waals surface area contributed by atoms with Gasteiger partial charge < -0.3 is 4.74 Å². The van der Waals surface area contributed by atoms with Gasteiger partial charge in [0.25, 0.3) is 0 Å². The highest BCUT2D eigenvalue weighted by Gasteiger charge is 2.32. The lowest BCUT2D eigenvalue weighted by Crippen LogP contribution is -2.35. The van der Waals surface area contributed by atoms with Crippen LogP contribution in [0.1, 0.15) is 24.8 Å². The zero-order valence-corrected chi connectivity index (χ0v) is 12.4. The largest absolute Gasteiger partial charge is 0.496 e. The molecule has 1 atom stereocenters. The molecule has 2 nitrogen and oxygen atoms in total. The van der Waals surface area contributed by atoms with E-state index in [2.05, 4.69) is 55.6 Å². The Balaban J connectivity index is 2.10. The van der Waals surface area contributed by atoms with Crippen molar-refractivity contribution in [3.05, 3.63) is 42.0 Å². The van der Waals surface area contributed by atoms with Crippen molar-refractivity contribution in [1.82, 2.24) is 5.32 Å². The number of fused-ring (bicyclic) bond motifs is 1. The molecule has 1 saturated heterocycles. The van der Waals surface area contributed by atoms with Crippen LogP contribution < -0.4 is 10.1 Å². The van der Waals surface area contributed by atoms with E-state index < -0.39 is 0 Å². The first-order valence-electron chi connectivity index (χ1n) is 6.56. The number of nitrogens with one attached hydrogen (secondary N) is 1. The van der Waals surface area contributed by atoms with Gasteiger partial charge in [0.05, 0.1) is 12.5 Å². The summed E-state index contributed by atoms with van der Waals surface area (Å²) < 4.78 is 5.46. The van der Waals surface area contributed by atoms with Gasteiger partial charge in [0.15, 0.2) is 0 Å². The van der Waals surface area contributed by atoms with Crippen molar-refractivity contribution < 1.29 is 4.74 Å². The lowest BCUT2D eigenvalue weighted by Gasteiger charge is -2.20. The van der Waals surface area contributed by atoms with E-state index in [-0.39, 0.29) is 5.54 Å². The molecule has 1 aliphatic rings. The number of thioether (sulfide) groups is 1. The number of ether oxygens (including phenoxy) is 1. The van der Waals surface area contributed by atoms with Gasteiger partial charge in [-0.05, 0) is 30.9 Å². The molecule has 0 radical (unpaired) electrons. The molecular weight excluding hydrogens is 254 g/mol. The van der Waals surface area contributed by atoms with E-state index in [1.54, 1.807) is 7.11 Å². The quantitative estimate of drug-likeness (QED) is 0.895. The highest BCUT2D eigenvalue weighted by molar-refractivity contribution is 7.99. The van der Waals surface area contributed by atoms with E-state index in [0.717, 1.165) is 11.5 Å². The maximum atomic E-state index is 5.46. The first-order valence-corrected chi connectivity index (χ1v) is 7.60. The minimum atomic E-state index is 0.205. The van der Waals surface area contributed by atoms with E-state index in [1.165, 1.54) is 16.3 Å². The molecule has 1 unspecified atom stereocenters. The Bertz CT molecular complexity index is 609. The molecule has 0 saturated carbocycles. The highest BCUT2D eigenvalue weighted by Crippen LogP contribution is 2.41. The number of hydrogen-bond acceptors (Lipinski definition) is 3. The van der Waals surface area contributed by atoms with Gasteiger partial charge in [-0.3, -0.25) is 5.32 Å². The molecule has 0 amide bonds. The smallest absolute Gasteiger partial charge is 0.126 e. The van der Waals surface area contributed by atoms with Crippen LogP contribution in [0.25, 0.3) is 10.8 Å². The molecular formula is C16H19NOS. The molecule has 2 aromatic rings. The van der Waals surface area contributed by atoms with E-state index in [9.17, 15) is 0 Å². The van der Waals surface area contributed by atoms with Crippen LogP contribution in [0.15, 0.2) is 36.4 Å². The Morgan fingerprint density at radius 3 is 2.53 bits per heavy atom. The molecule has 1 fully saturated rings. The summed E-state index contributed by atoms with van der Waals surface area (Å²) >= 11 is 1.98. The SMILES string of the molecule is COc1ccc(C2NC(C)(C)CS2)c2ccccc12. The van der Waals surface area contributed by atoms with Crippen molar-refractivity contribution in [1.29, 1.82) is 0 Å². The first-order chi connectivity index (χ1) is 9.11. The van der Waals surface area contributed by atoms with Gasteiger partial charge in [-0.25, -0.2) is 0 Å². The molecule has 2 aromatic carbocycles. The molecule has 3 heteroatoms. The third-order valence-corrected chi connectivity index (χ3v) is 5.15. The average Bonchev–Trinajstić information content (AvgIpc) is 2.77. The lowest BCUT2D eigenvalue weighted by molar-refractivity contribution is 0.419. The van der Waals surface area contributed by atoms with Crippen molar-refractivity contribution in [3.63, 3.8) is 0 Å². The summed E-state index contributed by atoms with van der Waals surface area (Å²) in [5, 5.41) is 6.54. The Morgan fingerprint density at radius 1 is 1.16 bits per heavy atom. The normalized spacial score (nSPS) is 21.7. The third-order valence-electron chi connectivity index (χ3n) is 3.55. The van der Waals surface area contributed by atoms with Crippen molar-refractivity contribution in [2.75, 3.05) is 12.9 Å². The second-order valence-electron chi connectivity index (χ2n) is 5.62. The van der Waals surface area contributed by atoms with Crippen molar-refractivity contribution in [3.8, 4) is 5.75 Å². The summed E-state index contributed by atoms with van der Waals surface area (Å²) in [5.41, 5.74) is 1.56. The molecule has 3 rings (SSSR count). The van der Waals surface area contributed by atoms with Crippen molar-refractivity contribution >= 4 is 22.5 Å². The zero-order valence-electron chi connectivity index (χ0n) is 11.6. The van der Waals surface area contributed by atoms with Gasteiger partial charge in [0, 0.05) is 16.7 Å². The molecule has 0 bridgehead atoms. The van der Waals surface area contributed by atoms with Gasteiger partial charge in [-0.15, -0.1) is 11.8 Å². The van der Waals surface area contributed by atoms with Crippen LogP contribution in [-0.4, -0.2) is 18.4 Å². The Labute approximate surface area is 118 Å². The fourth-order valence-corrected chi connectivity index (χ4v) is 4.05. The first kappa shape index (κ1) is 12.8.